The molecule has 0 radical (unpaired) electrons. The van der Waals surface area contributed by atoms with Crippen LogP contribution < -0.4 is 9.47 Å². The molecule has 1 aromatic carbocycles. The molecule has 0 atom stereocenters. The number of aromatic nitrogens is 4. The van der Waals surface area contributed by atoms with Crippen molar-refractivity contribution in [3.8, 4) is 22.8 Å². The molecule has 0 unspecified atom stereocenters. The van der Waals surface area contributed by atoms with Gasteiger partial charge < -0.3 is 9.47 Å². The fraction of sp³-hybridized carbons (Fsp3) is 0.214. The second kappa shape index (κ2) is 5.61. The summed E-state index contributed by atoms with van der Waals surface area (Å²) in [5.74, 6) is 1.94. The summed E-state index contributed by atoms with van der Waals surface area (Å²) in [6.45, 7) is 0. The summed E-state index contributed by atoms with van der Waals surface area (Å²) >= 11 is 1.48. The SMILES string of the molecule is COc1ccc(-c2ccnc3nc(SC)nn23)cc1OC. The van der Waals surface area contributed by atoms with Gasteiger partial charge in [0.25, 0.3) is 5.78 Å². The van der Waals surface area contributed by atoms with Crippen LogP contribution in [0.4, 0.5) is 0 Å². The van der Waals surface area contributed by atoms with E-state index in [0.717, 1.165) is 11.3 Å². The monoisotopic (exact) mass is 302 g/mol. The Morgan fingerprint density at radius 1 is 1.10 bits per heavy atom. The van der Waals surface area contributed by atoms with E-state index >= 15 is 0 Å². The highest BCUT2D eigenvalue weighted by molar-refractivity contribution is 7.98. The fourth-order valence-electron chi connectivity index (χ4n) is 2.08. The summed E-state index contributed by atoms with van der Waals surface area (Å²) in [6, 6.07) is 7.63. The molecule has 0 bridgehead atoms. The Kier molecular flexibility index (Phi) is 3.66. The number of hydrogen-bond donors (Lipinski definition) is 0. The molecule has 3 rings (SSSR count). The highest BCUT2D eigenvalue weighted by atomic mass is 32.2. The van der Waals surface area contributed by atoms with E-state index in [1.54, 1.807) is 24.9 Å². The number of hydrogen-bond acceptors (Lipinski definition) is 6. The van der Waals surface area contributed by atoms with Crippen molar-refractivity contribution in [2.24, 2.45) is 0 Å². The Morgan fingerprint density at radius 2 is 1.90 bits per heavy atom. The van der Waals surface area contributed by atoms with Crippen LogP contribution in [0.15, 0.2) is 35.6 Å². The van der Waals surface area contributed by atoms with Crippen molar-refractivity contribution >= 4 is 17.5 Å². The Morgan fingerprint density at radius 3 is 2.62 bits per heavy atom. The Hall–Kier alpha value is -2.28. The highest BCUT2D eigenvalue weighted by Crippen LogP contribution is 2.32. The van der Waals surface area contributed by atoms with E-state index in [1.165, 1.54) is 11.8 Å². The zero-order chi connectivity index (χ0) is 14.8. The van der Waals surface area contributed by atoms with Crippen molar-refractivity contribution in [1.82, 2.24) is 19.6 Å². The van der Waals surface area contributed by atoms with E-state index in [4.69, 9.17) is 9.47 Å². The van der Waals surface area contributed by atoms with Gasteiger partial charge in [0, 0.05) is 11.8 Å². The molecule has 0 fully saturated rings. The second-order valence-corrected chi connectivity index (χ2v) is 4.98. The van der Waals surface area contributed by atoms with Gasteiger partial charge in [-0.1, -0.05) is 11.8 Å². The summed E-state index contributed by atoms with van der Waals surface area (Å²) in [5, 5.41) is 5.13. The van der Waals surface area contributed by atoms with E-state index in [9.17, 15) is 0 Å². The van der Waals surface area contributed by atoms with Crippen LogP contribution in [0.3, 0.4) is 0 Å². The van der Waals surface area contributed by atoms with Gasteiger partial charge in [-0.25, -0.2) is 4.98 Å². The van der Waals surface area contributed by atoms with Gasteiger partial charge in [-0.15, -0.1) is 5.10 Å². The molecule has 6 nitrogen and oxygen atoms in total. The van der Waals surface area contributed by atoms with Crippen LogP contribution in [0.2, 0.25) is 0 Å². The summed E-state index contributed by atoms with van der Waals surface area (Å²) in [4.78, 5) is 8.57. The standard InChI is InChI=1S/C14H14N4O2S/c1-19-11-5-4-9(8-12(11)20-2)10-6-7-15-13-16-14(21-3)17-18(10)13/h4-8H,1-3H3. The first-order chi connectivity index (χ1) is 10.3. The van der Waals surface area contributed by atoms with E-state index in [2.05, 4.69) is 15.1 Å². The third kappa shape index (κ3) is 2.40. The van der Waals surface area contributed by atoms with Gasteiger partial charge in [0.15, 0.2) is 11.5 Å². The van der Waals surface area contributed by atoms with Gasteiger partial charge in [-0.2, -0.15) is 9.50 Å². The maximum Gasteiger partial charge on any atom is 0.253 e. The first kappa shape index (κ1) is 13.7. The zero-order valence-corrected chi connectivity index (χ0v) is 12.7. The Bertz CT molecular complexity index is 788. The van der Waals surface area contributed by atoms with Gasteiger partial charge in [-0.3, -0.25) is 0 Å². The van der Waals surface area contributed by atoms with Gasteiger partial charge in [0.05, 0.1) is 19.9 Å². The number of methoxy groups -OCH3 is 2. The van der Waals surface area contributed by atoms with E-state index in [0.29, 0.717) is 22.4 Å². The summed E-state index contributed by atoms with van der Waals surface area (Å²) in [6.07, 6.45) is 3.66. The quantitative estimate of drug-likeness (QED) is 0.690. The van der Waals surface area contributed by atoms with Crippen LogP contribution in [-0.2, 0) is 0 Å². The predicted molar refractivity (Wildman–Crippen MR) is 81.1 cm³/mol. The second-order valence-electron chi connectivity index (χ2n) is 4.21. The smallest absolute Gasteiger partial charge is 0.253 e. The fourth-order valence-corrected chi connectivity index (χ4v) is 2.41. The maximum atomic E-state index is 5.35. The van der Waals surface area contributed by atoms with E-state index < -0.39 is 0 Å². The van der Waals surface area contributed by atoms with Crippen molar-refractivity contribution in [2.45, 2.75) is 5.16 Å². The molecule has 0 spiro atoms. The van der Waals surface area contributed by atoms with Crippen LogP contribution in [0, 0.1) is 0 Å². The minimum atomic E-state index is 0.576. The van der Waals surface area contributed by atoms with Gasteiger partial charge in [-0.05, 0) is 30.5 Å². The number of ether oxygens (including phenoxy) is 2. The predicted octanol–water partition coefficient (Wildman–Crippen LogP) is 2.53. The van der Waals surface area contributed by atoms with Gasteiger partial charge in [0.2, 0.25) is 5.16 Å². The number of thioether (sulfide) groups is 1. The molecule has 21 heavy (non-hydrogen) atoms. The molecule has 0 aliphatic rings. The average molecular weight is 302 g/mol. The van der Waals surface area contributed by atoms with Crippen LogP contribution in [0.25, 0.3) is 17.0 Å². The minimum absolute atomic E-state index is 0.576. The largest absolute Gasteiger partial charge is 0.493 e. The third-order valence-electron chi connectivity index (χ3n) is 3.08. The molecular formula is C14H14N4O2S. The molecule has 7 heteroatoms. The molecule has 108 valence electrons. The van der Waals surface area contributed by atoms with Crippen LogP contribution in [0.5, 0.6) is 11.5 Å². The third-order valence-corrected chi connectivity index (χ3v) is 3.62. The van der Waals surface area contributed by atoms with Crippen molar-refractivity contribution in [2.75, 3.05) is 20.5 Å². The van der Waals surface area contributed by atoms with Gasteiger partial charge in [0.1, 0.15) is 0 Å². The Labute approximate surface area is 126 Å². The van der Waals surface area contributed by atoms with Crippen LogP contribution in [0.1, 0.15) is 0 Å². The topological polar surface area (TPSA) is 61.5 Å². The summed E-state index contributed by atoms with van der Waals surface area (Å²) < 4.78 is 12.3. The minimum Gasteiger partial charge on any atom is -0.493 e. The molecule has 0 amide bonds. The van der Waals surface area contributed by atoms with Crippen molar-refractivity contribution < 1.29 is 9.47 Å². The molecule has 0 aliphatic heterocycles. The molecule has 0 saturated heterocycles. The average Bonchev–Trinajstić information content (AvgIpc) is 2.97. The van der Waals surface area contributed by atoms with Crippen molar-refractivity contribution in [1.29, 1.82) is 0 Å². The first-order valence-corrected chi connectivity index (χ1v) is 7.47. The molecule has 0 N–H and O–H groups in total. The molecular weight excluding hydrogens is 288 g/mol. The lowest BCUT2D eigenvalue weighted by atomic mass is 10.1. The number of nitrogens with zero attached hydrogens (tertiary/aromatic N) is 4. The molecule has 2 aromatic heterocycles. The number of fused-ring (bicyclic) bond motifs is 1. The lowest BCUT2D eigenvalue weighted by Gasteiger charge is -2.10. The lowest BCUT2D eigenvalue weighted by molar-refractivity contribution is 0.355. The molecule has 2 heterocycles. The van der Waals surface area contributed by atoms with Crippen molar-refractivity contribution in [3.63, 3.8) is 0 Å². The van der Waals surface area contributed by atoms with Crippen molar-refractivity contribution in [3.05, 3.63) is 30.5 Å². The molecule has 0 aliphatic carbocycles. The van der Waals surface area contributed by atoms with E-state index in [-0.39, 0.29) is 0 Å². The number of benzene rings is 1. The summed E-state index contributed by atoms with van der Waals surface area (Å²) in [7, 11) is 3.23. The van der Waals surface area contributed by atoms with Crippen LogP contribution in [-0.4, -0.2) is 40.1 Å². The lowest BCUT2D eigenvalue weighted by Crippen LogP contribution is -1.97. The number of rotatable bonds is 4. The van der Waals surface area contributed by atoms with E-state index in [1.807, 2.05) is 30.5 Å². The first-order valence-electron chi connectivity index (χ1n) is 6.25. The maximum absolute atomic E-state index is 5.35. The molecule has 3 aromatic rings. The van der Waals surface area contributed by atoms with Crippen LogP contribution >= 0.6 is 11.8 Å². The van der Waals surface area contributed by atoms with Gasteiger partial charge >= 0.3 is 0 Å². The normalized spacial score (nSPS) is 10.8. The molecule has 0 saturated carbocycles. The Balaban J connectivity index is 2.18. The summed E-state index contributed by atoms with van der Waals surface area (Å²) in [5.41, 5.74) is 1.85. The zero-order valence-electron chi connectivity index (χ0n) is 11.9. The highest BCUT2D eigenvalue weighted by Gasteiger charge is 2.12.